The zero-order valence-electron chi connectivity index (χ0n) is 14.3. The first-order valence-electron chi connectivity index (χ1n) is 8.88. The maximum atomic E-state index is 12.5. The SMILES string of the molecule is C#CCCC1(CCNC(=O)C2CCCC(Nc3cnccn3)C2)N=N1. The topological polar surface area (TPSA) is 91.6 Å². The van der Waals surface area contributed by atoms with Gasteiger partial charge in [0, 0.05) is 50.2 Å². The number of amides is 1. The van der Waals surface area contributed by atoms with Gasteiger partial charge in [0.25, 0.3) is 0 Å². The van der Waals surface area contributed by atoms with Gasteiger partial charge in [0.15, 0.2) is 5.66 Å². The molecule has 1 saturated carbocycles. The number of anilines is 1. The minimum absolute atomic E-state index is 0.0395. The molecule has 132 valence electrons. The zero-order valence-corrected chi connectivity index (χ0v) is 14.3. The molecule has 1 amide bonds. The van der Waals surface area contributed by atoms with Gasteiger partial charge in [-0.05, 0) is 19.3 Å². The van der Waals surface area contributed by atoms with Crippen molar-refractivity contribution in [2.24, 2.45) is 16.1 Å². The standard InChI is InChI=1S/C18H24N6O/c1-2-3-7-18(23-24-18)8-9-21-17(25)14-5-4-6-15(12-14)22-16-13-19-10-11-20-16/h1,10-11,13-15H,3-9,12H2,(H,20,22)(H,21,25). The maximum Gasteiger partial charge on any atom is 0.223 e. The highest BCUT2D eigenvalue weighted by Gasteiger charge is 2.38. The van der Waals surface area contributed by atoms with E-state index >= 15 is 0 Å². The predicted molar refractivity (Wildman–Crippen MR) is 94.7 cm³/mol. The first-order chi connectivity index (χ1) is 12.2. The molecule has 0 saturated heterocycles. The summed E-state index contributed by atoms with van der Waals surface area (Å²) in [6.07, 6.45) is 16.3. The summed E-state index contributed by atoms with van der Waals surface area (Å²) >= 11 is 0. The average Bonchev–Trinajstić information content (AvgIpc) is 3.41. The quantitative estimate of drug-likeness (QED) is 0.711. The molecule has 0 radical (unpaired) electrons. The van der Waals surface area contributed by atoms with E-state index < -0.39 is 0 Å². The highest BCUT2D eigenvalue weighted by atomic mass is 16.1. The molecule has 0 bridgehead atoms. The summed E-state index contributed by atoms with van der Waals surface area (Å²) in [6, 6.07) is 0.261. The second kappa shape index (κ2) is 8.06. The molecule has 1 aliphatic heterocycles. The van der Waals surface area contributed by atoms with E-state index in [-0.39, 0.29) is 23.5 Å². The van der Waals surface area contributed by atoms with Crippen LogP contribution >= 0.6 is 0 Å². The van der Waals surface area contributed by atoms with Crippen LogP contribution in [0.4, 0.5) is 5.82 Å². The summed E-state index contributed by atoms with van der Waals surface area (Å²) < 4.78 is 0. The summed E-state index contributed by atoms with van der Waals surface area (Å²) in [5.41, 5.74) is -0.331. The number of terminal acetylenes is 1. The molecule has 1 fully saturated rings. The van der Waals surface area contributed by atoms with E-state index in [0.29, 0.717) is 13.0 Å². The lowest BCUT2D eigenvalue weighted by Gasteiger charge is -2.29. The molecule has 2 unspecified atom stereocenters. The van der Waals surface area contributed by atoms with E-state index in [9.17, 15) is 4.79 Å². The zero-order chi connectivity index (χ0) is 17.5. The molecule has 1 aromatic rings. The lowest BCUT2D eigenvalue weighted by molar-refractivity contribution is -0.126. The summed E-state index contributed by atoms with van der Waals surface area (Å²) in [5.74, 6) is 3.54. The van der Waals surface area contributed by atoms with Crippen LogP contribution in [-0.2, 0) is 4.79 Å². The van der Waals surface area contributed by atoms with E-state index in [4.69, 9.17) is 6.42 Å². The molecule has 2 N–H and O–H groups in total. The Morgan fingerprint density at radius 2 is 2.20 bits per heavy atom. The van der Waals surface area contributed by atoms with Crippen molar-refractivity contribution in [1.29, 1.82) is 0 Å². The van der Waals surface area contributed by atoms with Crippen molar-refractivity contribution in [2.75, 3.05) is 11.9 Å². The molecule has 7 heteroatoms. The van der Waals surface area contributed by atoms with Crippen LogP contribution in [0.2, 0.25) is 0 Å². The molecule has 3 rings (SSSR count). The number of hydrogen-bond donors (Lipinski definition) is 2. The van der Waals surface area contributed by atoms with Crippen LogP contribution in [0.25, 0.3) is 0 Å². The minimum atomic E-state index is -0.331. The highest BCUT2D eigenvalue weighted by Crippen LogP contribution is 2.36. The summed E-state index contributed by atoms with van der Waals surface area (Å²) in [7, 11) is 0. The Balaban J connectivity index is 1.40. The molecule has 0 aromatic carbocycles. The van der Waals surface area contributed by atoms with Gasteiger partial charge < -0.3 is 10.6 Å². The lowest BCUT2D eigenvalue weighted by Crippen LogP contribution is -2.38. The lowest BCUT2D eigenvalue weighted by atomic mass is 9.85. The Labute approximate surface area is 148 Å². The number of carbonyl (C=O) groups is 1. The third-order valence-electron chi connectivity index (χ3n) is 4.84. The third-order valence-corrected chi connectivity index (χ3v) is 4.84. The fourth-order valence-electron chi connectivity index (χ4n) is 3.34. The summed E-state index contributed by atoms with van der Waals surface area (Å²) in [6.45, 7) is 0.592. The molecule has 2 atom stereocenters. The monoisotopic (exact) mass is 340 g/mol. The van der Waals surface area contributed by atoms with Gasteiger partial charge >= 0.3 is 0 Å². The first kappa shape index (κ1) is 17.3. The molecular weight excluding hydrogens is 316 g/mol. The smallest absolute Gasteiger partial charge is 0.223 e. The fraction of sp³-hybridized carbons (Fsp3) is 0.611. The number of rotatable bonds is 8. The Hall–Kier alpha value is -2.49. The van der Waals surface area contributed by atoms with Crippen molar-refractivity contribution < 1.29 is 4.79 Å². The van der Waals surface area contributed by atoms with Crippen LogP contribution in [0.5, 0.6) is 0 Å². The van der Waals surface area contributed by atoms with Gasteiger partial charge in [-0.25, -0.2) is 4.98 Å². The van der Waals surface area contributed by atoms with Gasteiger partial charge in [-0.15, -0.1) is 12.3 Å². The van der Waals surface area contributed by atoms with Crippen LogP contribution in [0.3, 0.4) is 0 Å². The van der Waals surface area contributed by atoms with Gasteiger partial charge in [0.2, 0.25) is 5.91 Å². The fourth-order valence-corrected chi connectivity index (χ4v) is 3.34. The van der Waals surface area contributed by atoms with Crippen LogP contribution < -0.4 is 10.6 Å². The Bertz CT molecular complexity index is 647. The third kappa shape index (κ3) is 4.99. The highest BCUT2D eigenvalue weighted by molar-refractivity contribution is 5.78. The number of nitrogens with one attached hydrogen (secondary N) is 2. The van der Waals surface area contributed by atoms with Crippen molar-refractivity contribution in [3.8, 4) is 12.3 Å². The molecular formula is C18H24N6O. The van der Waals surface area contributed by atoms with Crippen molar-refractivity contribution in [2.45, 2.75) is 56.7 Å². The van der Waals surface area contributed by atoms with Crippen molar-refractivity contribution in [3.05, 3.63) is 18.6 Å². The van der Waals surface area contributed by atoms with Gasteiger partial charge in [-0.3, -0.25) is 9.78 Å². The second-order valence-corrected chi connectivity index (χ2v) is 6.72. The Morgan fingerprint density at radius 1 is 1.32 bits per heavy atom. The Morgan fingerprint density at radius 3 is 2.92 bits per heavy atom. The number of hydrogen-bond acceptors (Lipinski definition) is 6. The van der Waals surface area contributed by atoms with Gasteiger partial charge in [-0.2, -0.15) is 10.2 Å². The van der Waals surface area contributed by atoms with Gasteiger partial charge in [-0.1, -0.05) is 6.42 Å². The van der Waals surface area contributed by atoms with E-state index in [1.54, 1.807) is 18.6 Å². The van der Waals surface area contributed by atoms with Gasteiger partial charge in [0.05, 0.1) is 6.20 Å². The van der Waals surface area contributed by atoms with Crippen LogP contribution in [0.1, 0.15) is 44.9 Å². The second-order valence-electron chi connectivity index (χ2n) is 6.72. The average molecular weight is 340 g/mol. The van der Waals surface area contributed by atoms with E-state index in [1.807, 2.05) is 0 Å². The Kier molecular flexibility index (Phi) is 5.59. The molecule has 7 nitrogen and oxygen atoms in total. The molecule has 1 aliphatic carbocycles. The van der Waals surface area contributed by atoms with Crippen LogP contribution in [0.15, 0.2) is 28.8 Å². The molecule has 2 heterocycles. The predicted octanol–water partition coefficient (Wildman–Crippen LogP) is 2.53. The molecule has 2 aliphatic rings. The van der Waals surface area contributed by atoms with Crippen LogP contribution in [-0.4, -0.2) is 34.1 Å². The van der Waals surface area contributed by atoms with Crippen LogP contribution in [0, 0.1) is 18.3 Å². The molecule has 0 spiro atoms. The van der Waals surface area contributed by atoms with Crippen molar-refractivity contribution in [3.63, 3.8) is 0 Å². The normalized spacial score (nSPS) is 23.5. The van der Waals surface area contributed by atoms with E-state index in [0.717, 1.165) is 44.3 Å². The number of aromatic nitrogens is 2. The summed E-state index contributed by atoms with van der Waals surface area (Å²) in [5, 5.41) is 14.6. The molecule has 25 heavy (non-hydrogen) atoms. The molecule has 1 aromatic heterocycles. The largest absolute Gasteiger partial charge is 0.366 e. The number of nitrogens with zero attached hydrogens (tertiary/aromatic N) is 4. The summed E-state index contributed by atoms with van der Waals surface area (Å²) in [4.78, 5) is 20.8. The van der Waals surface area contributed by atoms with Crippen molar-refractivity contribution in [1.82, 2.24) is 15.3 Å². The first-order valence-corrected chi connectivity index (χ1v) is 8.88. The van der Waals surface area contributed by atoms with E-state index in [2.05, 4.69) is 36.8 Å². The maximum absolute atomic E-state index is 12.5. The van der Waals surface area contributed by atoms with E-state index in [1.165, 1.54) is 0 Å². The van der Waals surface area contributed by atoms with Crippen molar-refractivity contribution >= 4 is 11.7 Å². The van der Waals surface area contributed by atoms with Gasteiger partial charge in [0.1, 0.15) is 5.82 Å². The number of carbonyl (C=O) groups excluding carboxylic acids is 1. The minimum Gasteiger partial charge on any atom is -0.366 e.